The minimum atomic E-state index is 0.199. The number of nitrogens with zero attached hydrogens (tertiary/aromatic N) is 5. The SMILES string of the molecule is Nc1nccc(-c2cccnc2Oc2ccc(Nc3nnc(C4CCCCC4)c4ccccc34)cc2)n1. The lowest BCUT2D eigenvalue weighted by Gasteiger charge is -2.22. The zero-order chi connectivity index (χ0) is 25.0. The molecule has 1 aliphatic rings. The van der Waals surface area contributed by atoms with Crippen molar-refractivity contribution in [3.05, 3.63) is 84.8 Å². The second kappa shape index (κ2) is 10.2. The van der Waals surface area contributed by atoms with Gasteiger partial charge in [-0.3, -0.25) is 0 Å². The highest BCUT2D eigenvalue weighted by atomic mass is 16.5. The monoisotopic (exact) mass is 489 g/mol. The molecule has 0 unspecified atom stereocenters. The van der Waals surface area contributed by atoms with Gasteiger partial charge in [-0.2, -0.15) is 5.10 Å². The molecular formula is C29H27N7O. The lowest BCUT2D eigenvalue weighted by Crippen LogP contribution is -2.09. The zero-order valence-corrected chi connectivity index (χ0v) is 20.3. The van der Waals surface area contributed by atoms with E-state index in [4.69, 9.17) is 10.5 Å². The standard InChI is InChI=1S/C29H27N7O/c30-29-32-18-16-25(34-29)24-11-6-17-31-28(24)37-21-14-12-20(13-15-21)33-27-23-10-5-4-9-22(23)26(35-36-27)19-7-2-1-3-8-19/h4-6,9-19H,1-3,7-8H2,(H,33,36)(H2,30,32,34). The Balaban J connectivity index is 1.23. The van der Waals surface area contributed by atoms with Crippen LogP contribution in [-0.2, 0) is 0 Å². The molecule has 37 heavy (non-hydrogen) atoms. The number of hydrogen-bond acceptors (Lipinski definition) is 8. The van der Waals surface area contributed by atoms with E-state index >= 15 is 0 Å². The summed E-state index contributed by atoms with van der Waals surface area (Å²) >= 11 is 0. The Kier molecular flexibility index (Phi) is 6.29. The molecule has 8 nitrogen and oxygen atoms in total. The third-order valence-electron chi connectivity index (χ3n) is 6.76. The summed E-state index contributed by atoms with van der Waals surface area (Å²) in [5, 5.41) is 15.0. The van der Waals surface area contributed by atoms with Crippen molar-refractivity contribution in [1.82, 2.24) is 25.1 Å². The molecule has 0 saturated heterocycles. The third kappa shape index (κ3) is 4.91. The summed E-state index contributed by atoms with van der Waals surface area (Å²) in [7, 11) is 0. The van der Waals surface area contributed by atoms with Crippen molar-refractivity contribution in [3.63, 3.8) is 0 Å². The summed E-state index contributed by atoms with van der Waals surface area (Å²) in [5.74, 6) is 2.53. The van der Waals surface area contributed by atoms with E-state index < -0.39 is 0 Å². The van der Waals surface area contributed by atoms with Gasteiger partial charge in [0.1, 0.15) is 5.75 Å². The molecule has 8 heteroatoms. The summed E-state index contributed by atoms with van der Waals surface area (Å²) in [6.07, 6.45) is 9.52. The van der Waals surface area contributed by atoms with Crippen molar-refractivity contribution in [2.24, 2.45) is 0 Å². The van der Waals surface area contributed by atoms with Gasteiger partial charge in [0.25, 0.3) is 0 Å². The Morgan fingerprint density at radius 1 is 0.784 bits per heavy atom. The van der Waals surface area contributed by atoms with Crippen LogP contribution in [0.25, 0.3) is 22.0 Å². The largest absolute Gasteiger partial charge is 0.438 e. The Labute approximate surface area is 215 Å². The Morgan fingerprint density at radius 3 is 2.41 bits per heavy atom. The van der Waals surface area contributed by atoms with E-state index in [0.717, 1.165) is 28.1 Å². The van der Waals surface area contributed by atoms with Crippen LogP contribution >= 0.6 is 0 Å². The van der Waals surface area contributed by atoms with Crippen LogP contribution in [0.1, 0.15) is 43.7 Å². The Morgan fingerprint density at radius 2 is 1.59 bits per heavy atom. The first-order valence-corrected chi connectivity index (χ1v) is 12.6. The van der Waals surface area contributed by atoms with Gasteiger partial charge in [-0.1, -0.05) is 43.5 Å². The van der Waals surface area contributed by atoms with Crippen molar-refractivity contribution >= 4 is 28.2 Å². The van der Waals surface area contributed by atoms with Crippen LogP contribution in [0.4, 0.5) is 17.5 Å². The molecule has 2 aromatic carbocycles. The molecular weight excluding hydrogens is 462 g/mol. The van der Waals surface area contributed by atoms with Crippen LogP contribution in [0.15, 0.2) is 79.1 Å². The van der Waals surface area contributed by atoms with Crippen LogP contribution in [0, 0.1) is 0 Å². The summed E-state index contributed by atoms with van der Waals surface area (Å²) in [6.45, 7) is 0. The molecule has 5 aromatic rings. The maximum absolute atomic E-state index is 6.09. The topological polar surface area (TPSA) is 112 Å². The number of nitrogens with one attached hydrogen (secondary N) is 1. The third-order valence-corrected chi connectivity index (χ3v) is 6.76. The number of pyridine rings is 1. The van der Waals surface area contributed by atoms with Gasteiger partial charge in [0, 0.05) is 34.8 Å². The molecule has 0 aliphatic heterocycles. The molecule has 0 atom stereocenters. The minimum absolute atomic E-state index is 0.199. The molecule has 3 heterocycles. The van der Waals surface area contributed by atoms with E-state index in [-0.39, 0.29) is 5.95 Å². The maximum atomic E-state index is 6.09. The first kappa shape index (κ1) is 22.8. The molecule has 1 saturated carbocycles. The van der Waals surface area contributed by atoms with Gasteiger partial charge in [-0.05, 0) is 55.3 Å². The van der Waals surface area contributed by atoms with Crippen LogP contribution in [-0.4, -0.2) is 25.1 Å². The van der Waals surface area contributed by atoms with Gasteiger partial charge in [-0.15, -0.1) is 5.10 Å². The Bertz CT molecular complexity index is 1530. The van der Waals surface area contributed by atoms with Gasteiger partial charge in [0.15, 0.2) is 5.82 Å². The van der Waals surface area contributed by atoms with Crippen LogP contribution in [0.5, 0.6) is 11.6 Å². The number of rotatable bonds is 6. The van der Waals surface area contributed by atoms with E-state index in [1.807, 2.05) is 42.5 Å². The van der Waals surface area contributed by atoms with Gasteiger partial charge < -0.3 is 15.8 Å². The lowest BCUT2D eigenvalue weighted by molar-refractivity contribution is 0.436. The number of aromatic nitrogens is 5. The quantitative estimate of drug-likeness (QED) is 0.273. The van der Waals surface area contributed by atoms with Crippen LogP contribution < -0.4 is 15.8 Å². The number of nitrogens with two attached hydrogens (primary N) is 1. The normalized spacial score (nSPS) is 13.9. The van der Waals surface area contributed by atoms with Crippen molar-refractivity contribution in [3.8, 4) is 22.9 Å². The first-order valence-electron chi connectivity index (χ1n) is 12.6. The van der Waals surface area contributed by atoms with Crippen LogP contribution in [0.3, 0.4) is 0 Å². The molecule has 6 rings (SSSR count). The average Bonchev–Trinajstić information content (AvgIpc) is 2.95. The minimum Gasteiger partial charge on any atom is -0.438 e. The molecule has 0 amide bonds. The van der Waals surface area contributed by atoms with E-state index in [1.165, 1.54) is 37.5 Å². The second-order valence-corrected chi connectivity index (χ2v) is 9.22. The van der Waals surface area contributed by atoms with Crippen molar-refractivity contribution in [2.75, 3.05) is 11.1 Å². The average molecular weight is 490 g/mol. The van der Waals surface area contributed by atoms with E-state index in [2.05, 4.69) is 48.7 Å². The van der Waals surface area contributed by atoms with Crippen LogP contribution in [0.2, 0.25) is 0 Å². The Hall–Kier alpha value is -4.59. The fraction of sp³-hybridized carbons (Fsp3) is 0.207. The molecule has 0 radical (unpaired) electrons. The molecule has 0 spiro atoms. The van der Waals surface area contributed by atoms with Gasteiger partial charge >= 0.3 is 0 Å². The highest BCUT2D eigenvalue weighted by Gasteiger charge is 2.21. The molecule has 1 fully saturated rings. The maximum Gasteiger partial charge on any atom is 0.228 e. The summed E-state index contributed by atoms with van der Waals surface area (Å²) < 4.78 is 6.09. The van der Waals surface area contributed by atoms with Gasteiger partial charge in [0.2, 0.25) is 11.8 Å². The molecule has 1 aliphatic carbocycles. The number of benzene rings is 2. The molecule has 184 valence electrons. The van der Waals surface area contributed by atoms with Crippen molar-refractivity contribution < 1.29 is 4.74 Å². The number of nitrogen functional groups attached to an aromatic ring is 1. The second-order valence-electron chi connectivity index (χ2n) is 9.22. The van der Waals surface area contributed by atoms with Crippen molar-refractivity contribution in [1.29, 1.82) is 0 Å². The first-order chi connectivity index (χ1) is 18.2. The summed E-state index contributed by atoms with van der Waals surface area (Å²) in [5.41, 5.74) is 9.16. The van der Waals surface area contributed by atoms with Crippen molar-refractivity contribution in [2.45, 2.75) is 38.0 Å². The summed E-state index contributed by atoms with van der Waals surface area (Å²) in [6, 6.07) is 21.6. The van der Waals surface area contributed by atoms with E-state index in [0.29, 0.717) is 23.2 Å². The fourth-order valence-electron chi connectivity index (χ4n) is 4.94. The fourth-order valence-corrected chi connectivity index (χ4v) is 4.94. The zero-order valence-electron chi connectivity index (χ0n) is 20.3. The van der Waals surface area contributed by atoms with Gasteiger partial charge in [-0.25, -0.2) is 15.0 Å². The number of ether oxygens (including phenoxy) is 1. The highest BCUT2D eigenvalue weighted by Crippen LogP contribution is 2.37. The predicted octanol–water partition coefficient (Wildman–Crippen LogP) is 6.65. The molecule has 3 aromatic heterocycles. The molecule has 3 N–H and O–H groups in total. The number of anilines is 3. The lowest BCUT2D eigenvalue weighted by atomic mass is 9.85. The van der Waals surface area contributed by atoms with E-state index in [1.54, 1.807) is 18.5 Å². The van der Waals surface area contributed by atoms with Gasteiger partial charge in [0.05, 0.1) is 17.0 Å². The van der Waals surface area contributed by atoms with E-state index in [9.17, 15) is 0 Å². The number of hydrogen-bond donors (Lipinski definition) is 2. The highest BCUT2D eigenvalue weighted by molar-refractivity contribution is 5.94. The summed E-state index contributed by atoms with van der Waals surface area (Å²) in [4.78, 5) is 12.6. The molecule has 0 bridgehead atoms. The number of fused-ring (bicyclic) bond motifs is 1. The smallest absolute Gasteiger partial charge is 0.228 e. The predicted molar refractivity (Wildman–Crippen MR) is 145 cm³/mol.